The molecule has 2 heterocycles. The van der Waals surface area contributed by atoms with Crippen molar-refractivity contribution in [2.75, 3.05) is 20.2 Å². The van der Waals surface area contributed by atoms with Crippen molar-refractivity contribution in [1.82, 2.24) is 10.2 Å². The molecule has 1 aliphatic rings. The number of methoxy groups -OCH3 is 1. The van der Waals surface area contributed by atoms with Gasteiger partial charge in [-0.05, 0) is 64.1 Å². The summed E-state index contributed by atoms with van der Waals surface area (Å²) in [5.41, 5.74) is 3.64. The first-order chi connectivity index (χ1) is 20.3. The molecule has 0 bridgehead atoms. The Balaban J connectivity index is 1.20. The van der Waals surface area contributed by atoms with Crippen molar-refractivity contribution in [3.05, 3.63) is 99.4 Å². The zero-order valence-corrected chi connectivity index (χ0v) is 25.3. The van der Waals surface area contributed by atoms with Gasteiger partial charge in [0.05, 0.1) is 34.3 Å². The lowest BCUT2D eigenvalue weighted by atomic mass is 9.94. The van der Waals surface area contributed by atoms with Gasteiger partial charge in [0.25, 0.3) is 0 Å². The van der Waals surface area contributed by atoms with Gasteiger partial charge in [-0.25, -0.2) is 0 Å². The summed E-state index contributed by atoms with van der Waals surface area (Å²) in [6.45, 7) is 0.902. The van der Waals surface area contributed by atoms with Gasteiger partial charge in [-0.1, -0.05) is 77.8 Å². The fourth-order valence-electron chi connectivity index (χ4n) is 5.15. The Bertz CT molecular complexity index is 1610. The molecular weight excluding hydrogens is 591 g/mol. The number of halogens is 2. The normalized spacial score (nSPS) is 14.7. The maximum Gasteiger partial charge on any atom is 0.307 e. The number of thiophene rings is 1. The predicted molar refractivity (Wildman–Crippen MR) is 170 cm³/mol. The Morgan fingerprint density at radius 1 is 1.00 bits per heavy atom. The van der Waals surface area contributed by atoms with E-state index in [-0.39, 0.29) is 24.2 Å². The number of rotatable bonds is 8. The molecular formula is C33H30Cl2N2O4S. The van der Waals surface area contributed by atoms with E-state index >= 15 is 0 Å². The Hall–Kier alpha value is -3.65. The van der Waals surface area contributed by atoms with E-state index in [1.807, 2.05) is 72.1 Å². The van der Waals surface area contributed by atoms with Gasteiger partial charge in [0, 0.05) is 25.1 Å². The number of fused-ring (bicyclic) bond motifs is 1. The van der Waals surface area contributed by atoms with Gasteiger partial charge in [0.15, 0.2) is 0 Å². The van der Waals surface area contributed by atoms with Gasteiger partial charge < -0.3 is 15.0 Å². The van der Waals surface area contributed by atoms with Crippen LogP contribution in [0.2, 0.25) is 10.0 Å². The molecule has 42 heavy (non-hydrogen) atoms. The first-order valence-corrected chi connectivity index (χ1v) is 15.3. The molecule has 0 unspecified atom stereocenters. The monoisotopic (exact) mass is 620 g/mol. The summed E-state index contributed by atoms with van der Waals surface area (Å²) in [5, 5.41) is 6.89. The number of likely N-dealkylation sites (tertiary alicyclic amines) is 1. The number of nitrogens with zero attached hydrogens (tertiary/aromatic N) is 1. The van der Waals surface area contributed by atoms with Gasteiger partial charge in [0.1, 0.15) is 0 Å². The maximum atomic E-state index is 13.3. The molecule has 1 aliphatic heterocycles. The smallest absolute Gasteiger partial charge is 0.307 e. The maximum absolute atomic E-state index is 13.3. The molecule has 4 aromatic rings. The van der Waals surface area contributed by atoms with Crippen molar-refractivity contribution in [2.24, 2.45) is 5.92 Å². The number of hydrogen-bond donors (Lipinski definition) is 1. The van der Waals surface area contributed by atoms with E-state index in [0.717, 1.165) is 26.8 Å². The van der Waals surface area contributed by atoms with Crippen LogP contribution in [0, 0.1) is 5.92 Å². The third kappa shape index (κ3) is 6.86. The lowest BCUT2D eigenvalue weighted by Gasteiger charge is -2.31. The number of piperidine rings is 1. The van der Waals surface area contributed by atoms with E-state index in [0.29, 0.717) is 41.5 Å². The standard InChI is InChI=1S/C33H30Cl2N2O4S/c1-41-29(39)20-27(23-9-7-22(8-10-23)21-5-3-2-4-6-21)36-33(40)24-13-16-37(17-14-24)28(38)12-11-25-19-26-15-18-42-32(26)31(35)30(25)34/h2-12,15,18-19,24,27H,13-14,16-17,20H2,1H3,(H,36,40)/b12-11+/t27-/m1/s1. The van der Waals surface area contributed by atoms with E-state index < -0.39 is 12.0 Å². The lowest BCUT2D eigenvalue weighted by molar-refractivity contribution is -0.141. The minimum Gasteiger partial charge on any atom is -0.469 e. The van der Waals surface area contributed by atoms with E-state index in [4.69, 9.17) is 27.9 Å². The molecule has 5 rings (SSSR count). The number of benzene rings is 3. The van der Waals surface area contributed by atoms with Gasteiger partial charge in [-0.15, -0.1) is 11.3 Å². The summed E-state index contributed by atoms with van der Waals surface area (Å²) in [6.07, 6.45) is 4.26. The largest absolute Gasteiger partial charge is 0.469 e. The number of hydrogen-bond acceptors (Lipinski definition) is 5. The first kappa shape index (κ1) is 29.8. The Morgan fingerprint density at radius 2 is 1.69 bits per heavy atom. The van der Waals surface area contributed by atoms with Crippen molar-refractivity contribution >= 4 is 68.5 Å². The van der Waals surface area contributed by atoms with E-state index in [1.54, 1.807) is 11.0 Å². The molecule has 9 heteroatoms. The molecule has 6 nitrogen and oxygen atoms in total. The second-order valence-electron chi connectivity index (χ2n) is 10.2. The van der Waals surface area contributed by atoms with Crippen molar-refractivity contribution in [1.29, 1.82) is 0 Å². The van der Waals surface area contributed by atoms with Crippen LogP contribution in [0.4, 0.5) is 0 Å². The minimum absolute atomic E-state index is 0.0266. The molecule has 1 fully saturated rings. The highest BCUT2D eigenvalue weighted by Gasteiger charge is 2.29. The van der Waals surface area contributed by atoms with Crippen LogP contribution in [-0.4, -0.2) is 42.9 Å². The summed E-state index contributed by atoms with van der Waals surface area (Å²) in [7, 11) is 1.34. The third-order valence-electron chi connectivity index (χ3n) is 7.57. The second kappa shape index (κ2) is 13.6. The highest BCUT2D eigenvalue weighted by Crippen LogP contribution is 2.37. The number of carbonyl (C=O) groups is 3. The SMILES string of the molecule is COC(=O)C[C@@H](NC(=O)C1CCN(C(=O)/C=C/c2cc3ccsc3c(Cl)c2Cl)CC1)c1ccc(-c2ccccc2)cc1. The minimum atomic E-state index is -0.519. The molecule has 216 valence electrons. The summed E-state index contributed by atoms with van der Waals surface area (Å²) in [4.78, 5) is 40.1. The van der Waals surface area contributed by atoms with Gasteiger partial charge in [-0.3, -0.25) is 14.4 Å². The molecule has 3 aromatic carbocycles. The molecule has 1 N–H and O–H groups in total. The summed E-state index contributed by atoms with van der Waals surface area (Å²) < 4.78 is 5.81. The molecule has 0 spiro atoms. The fourth-order valence-corrected chi connectivity index (χ4v) is 6.59. The number of ether oxygens (including phenoxy) is 1. The molecule has 0 aliphatic carbocycles. The van der Waals surface area contributed by atoms with Crippen molar-refractivity contribution in [2.45, 2.75) is 25.3 Å². The van der Waals surface area contributed by atoms with Crippen molar-refractivity contribution in [3.8, 4) is 11.1 Å². The lowest BCUT2D eigenvalue weighted by Crippen LogP contribution is -2.43. The third-order valence-corrected chi connectivity index (χ3v) is 9.51. The van der Waals surface area contributed by atoms with Gasteiger partial charge in [0.2, 0.25) is 11.8 Å². The van der Waals surface area contributed by atoms with Crippen LogP contribution in [-0.2, 0) is 19.1 Å². The van der Waals surface area contributed by atoms with Crippen LogP contribution in [0.1, 0.15) is 36.4 Å². The molecule has 1 saturated heterocycles. The first-order valence-electron chi connectivity index (χ1n) is 13.7. The van der Waals surface area contributed by atoms with Crippen LogP contribution in [0.15, 0.2) is 78.2 Å². The van der Waals surface area contributed by atoms with Crippen LogP contribution >= 0.6 is 34.5 Å². The molecule has 2 amide bonds. The average Bonchev–Trinajstić information content (AvgIpc) is 3.51. The molecule has 0 saturated carbocycles. The van der Waals surface area contributed by atoms with Crippen LogP contribution in [0.25, 0.3) is 27.3 Å². The molecule has 1 atom stereocenters. The fraction of sp³-hybridized carbons (Fsp3) is 0.242. The van der Waals surface area contributed by atoms with Crippen LogP contribution < -0.4 is 5.32 Å². The van der Waals surface area contributed by atoms with Gasteiger partial charge >= 0.3 is 5.97 Å². The number of amides is 2. The van der Waals surface area contributed by atoms with Crippen molar-refractivity contribution < 1.29 is 19.1 Å². The predicted octanol–water partition coefficient (Wildman–Crippen LogP) is 7.55. The second-order valence-corrected chi connectivity index (χ2v) is 11.9. The van der Waals surface area contributed by atoms with Crippen molar-refractivity contribution in [3.63, 3.8) is 0 Å². The number of nitrogens with one attached hydrogen (secondary N) is 1. The zero-order chi connectivity index (χ0) is 29.6. The average molecular weight is 622 g/mol. The zero-order valence-electron chi connectivity index (χ0n) is 23.0. The quantitative estimate of drug-likeness (QED) is 0.163. The highest BCUT2D eigenvalue weighted by atomic mass is 35.5. The summed E-state index contributed by atoms with van der Waals surface area (Å²) >= 11 is 14.4. The Morgan fingerprint density at radius 3 is 2.38 bits per heavy atom. The molecule has 1 aromatic heterocycles. The molecule has 0 radical (unpaired) electrons. The summed E-state index contributed by atoms with van der Waals surface area (Å²) in [6, 6.07) is 21.2. The number of esters is 1. The topological polar surface area (TPSA) is 75.7 Å². The number of carbonyl (C=O) groups excluding carboxylic acids is 3. The highest BCUT2D eigenvalue weighted by molar-refractivity contribution is 7.18. The van der Waals surface area contributed by atoms with Crippen LogP contribution in [0.5, 0.6) is 0 Å². The van der Waals surface area contributed by atoms with Gasteiger partial charge in [-0.2, -0.15) is 0 Å². The van der Waals surface area contributed by atoms with E-state index in [2.05, 4.69) is 5.32 Å². The van der Waals surface area contributed by atoms with E-state index in [9.17, 15) is 14.4 Å². The van der Waals surface area contributed by atoms with E-state index in [1.165, 1.54) is 24.5 Å². The summed E-state index contributed by atoms with van der Waals surface area (Å²) in [5.74, 6) is -0.951. The Labute approximate surface area is 258 Å². The van der Waals surface area contributed by atoms with Crippen LogP contribution in [0.3, 0.4) is 0 Å². The Kier molecular flexibility index (Phi) is 9.62.